The van der Waals surface area contributed by atoms with Gasteiger partial charge >= 0.3 is 0 Å². The number of rotatable bonds is 7. The van der Waals surface area contributed by atoms with Gasteiger partial charge in [-0.25, -0.2) is 4.39 Å². The highest BCUT2D eigenvalue weighted by molar-refractivity contribution is 6.01. The molecule has 0 saturated carbocycles. The summed E-state index contributed by atoms with van der Waals surface area (Å²) in [6, 6.07) is 14.9. The molecule has 0 aliphatic rings. The molecule has 0 saturated heterocycles. The van der Waals surface area contributed by atoms with E-state index in [9.17, 15) is 4.39 Å². The fourth-order valence-corrected chi connectivity index (χ4v) is 4.53. The van der Waals surface area contributed by atoms with Crippen LogP contribution in [0.2, 0.25) is 0 Å². The van der Waals surface area contributed by atoms with Crippen molar-refractivity contribution in [2.24, 2.45) is 0 Å². The number of aromatic nitrogens is 4. The van der Waals surface area contributed by atoms with Crippen molar-refractivity contribution in [1.82, 2.24) is 25.1 Å². The first kappa shape index (κ1) is 23.5. The number of hydrogen-bond donors (Lipinski definition) is 2. The van der Waals surface area contributed by atoms with Crippen molar-refractivity contribution in [2.75, 3.05) is 20.6 Å². The minimum absolute atomic E-state index is 0.273. The third-order valence-corrected chi connectivity index (χ3v) is 6.25. The zero-order valence-corrected chi connectivity index (χ0v) is 20.6. The van der Waals surface area contributed by atoms with Crippen molar-refractivity contribution in [3.05, 3.63) is 103 Å². The van der Waals surface area contributed by atoms with Gasteiger partial charge < -0.3 is 9.88 Å². The van der Waals surface area contributed by atoms with Gasteiger partial charge in [0.05, 0.1) is 22.9 Å². The standard InChI is InChI=1S/C30H28FN5/c1-5-19(18-36(3)4)12-20(6-2)21-10-11-27-25(14-21)30(35-34-27)28-15-24-26(16-32-17-29(24)33-28)22-8-7-9-23(31)13-22/h5-17,33H,1,18H2,2-4H3,(H,34,35)/b19-12+,20-6+. The first-order chi connectivity index (χ1) is 17.5. The van der Waals surface area contributed by atoms with Gasteiger partial charge in [0.2, 0.25) is 0 Å². The third-order valence-electron chi connectivity index (χ3n) is 6.25. The Morgan fingerprint density at radius 3 is 2.67 bits per heavy atom. The van der Waals surface area contributed by atoms with Crippen molar-refractivity contribution in [3.8, 4) is 22.5 Å². The number of hydrogen-bond acceptors (Lipinski definition) is 3. The molecule has 0 aliphatic carbocycles. The van der Waals surface area contributed by atoms with Gasteiger partial charge in [-0.3, -0.25) is 10.1 Å². The lowest BCUT2D eigenvalue weighted by Gasteiger charge is -2.11. The van der Waals surface area contributed by atoms with Crippen LogP contribution in [-0.4, -0.2) is 45.7 Å². The van der Waals surface area contributed by atoms with E-state index in [2.05, 4.69) is 68.1 Å². The number of allylic oxidation sites excluding steroid dienone is 3. The van der Waals surface area contributed by atoms with Crippen LogP contribution in [-0.2, 0) is 0 Å². The zero-order valence-electron chi connectivity index (χ0n) is 20.6. The first-order valence-electron chi connectivity index (χ1n) is 11.8. The number of aromatic amines is 2. The molecule has 3 heterocycles. The number of pyridine rings is 1. The second kappa shape index (κ2) is 9.76. The van der Waals surface area contributed by atoms with E-state index in [1.54, 1.807) is 18.5 Å². The number of fused-ring (bicyclic) bond motifs is 2. The van der Waals surface area contributed by atoms with E-state index in [0.29, 0.717) is 0 Å². The molecule has 0 amide bonds. The summed E-state index contributed by atoms with van der Waals surface area (Å²) < 4.78 is 13.9. The van der Waals surface area contributed by atoms with Crippen LogP contribution in [0.1, 0.15) is 12.5 Å². The monoisotopic (exact) mass is 477 g/mol. The Hall–Kier alpha value is -4.29. The van der Waals surface area contributed by atoms with Crippen LogP contribution >= 0.6 is 0 Å². The molecule has 0 radical (unpaired) electrons. The van der Waals surface area contributed by atoms with Crippen molar-refractivity contribution in [1.29, 1.82) is 0 Å². The molecule has 0 unspecified atom stereocenters. The minimum Gasteiger partial charge on any atom is -0.352 e. The average molecular weight is 478 g/mol. The van der Waals surface area contributed by atoms with Crippen LogP contribution in [0.5, 0.6) is 0 Å². The van der Waals surface area contributed by atoms with Gasteiger partial charge in [0.25, 0.3) is 0 Å². The summed E-state index contributed by atoms with van der Waals surface area (Å²) in [6.45, 7) is 6.84. The van der Waals surface area contributed by atoms with E-state index in [-0.39, 0.29) is 5.82 Å². The smallest absolute Gasteiger partial charge is 0.123 e. The molecular formula is C30H28FN5. The molecule has 36 heavy (non-hydrogen) atoms. The summed E-state index contributed by atoms with van der Waals surface area (Å²) in [5.74, 6) is -0.273. The van der Waals surface area contributed by atoms with Crippen LogP contribution in [0.4, 0.5) is 4.39 Å². The van der Waals surface area contributed by atoms with E-state index >= 15 is 0 Å². The molecule has 3 aromatic heterocycles. The summed E-state index contributed by atoms with van der Waals surface area (Å²) in [6.07, 6.45) is 9.74. The molecule has 5 nitrogen and oxygen atoms in total. The molecule has 0 atom stereocenters. The molecular weight excluding hydrogens is 449 g/mol. The van der Waals surface area contributed by atoms with E-state index in [4.69, 9.17) is 0 Å². The van der Waals surface area contributed by atoms with Crippen molar-refractivity contribution in [2.45, 2.75) is 6.92 Å². The third kappa shape index (κ3) is 4.51. The number of nitrogens with one attached hydrogen (secondary N) is 2. The molecule has 5 rings (SSSR count). The SMILES string of the molecule is C=C/C(=C\C(=C/C)c1ccc2[nH]nc(-c3cc4c(-c5cccc(F)c5)cncc4[nH]3)c2c1)CN(C)C. The summed E-state index contributed by atoms with van der Waals surface area (Å²) in [4.78, 5) is 9.96. The van der Waals surface area contributed by atoms with Gasteiger partial charge in [-0.2, -0.15) is 5.10 Å². The van der Waals surface area contributed by atoms with E-state index in [0.717, 1.165) is 67.6 Å². The molecule has 5 aromatic rings. The maximum absolute atomic E-state index is 13.9. The van der Waals surface area contributed by atoms with Crippen LogP contribution in [0.25, 0.3) is 49.9 Å². The second-order valence-electron chi connectivity index (χ2n) is 9.08. The Labute approximate surface area is 209 Å². The number of benzene rings is 2. The highest BCUT2D eigenvalue weighted by Crippen LogP contribution is 2.34. The highest BCUT2D eigenvalue weighted by atomic mass is 19.1. The predicted octanol–water partition coefficient (Wildman–Crippen LogP) is 6.99. The molecule has 180 valence electrons. The Morgan fingerprint density at radius 2 is 1.92 bits per heavy atom. The summed E-state index contributed by atoms with van der Waals surface area (Å²) in [5, 5.41) is 9.76. The van der Waals surface area contributed by atoms with Crippen LogP contribution in [0.3, 0.4) is 0 Å². The lowest BCUT2D eigenvalue weighted by atomic mass is 9.99. The Morgan fingerprint density at radius 1 is 1.06 bits per heavy atom. The van der Waals surface area contributed by atoms with Crippen LogP contribution in [0.15, 0.2) is 91.3 Å². The van der Waals surface area contributed by atoms with Crippen LogP contribution in [0, 0.1) is 5.82 Å². The average Bonchev–Trinajstić information content (AvgIpc) is 3.49. The molecule has 0 spiro atoms. The van der Waals surface area contributed by atoms with Gasteiger partial charge in [0.1, 0.15) is 11.5 Å². The summed E-state index contributed by atoms with van der Waals surface area (Å²) in [5.41, 5.74) is 8.54. The summed E-state index contributed by atoms with van der Waals surface area (Å²) >= 11 is 0. The topological polar surface area (TPSA) is 60.6 Å². The first-order valence-corrected chi connectivity index (χ1v) is 11.8. The van der Waals surface area contributed by atoms with Gasteiger partial charge in [0, 0.05) is 29.1 Å². The second-order valence-corrected chi connectivity index (χ2v) is 9.08. The largest absolute Gasteiger partial charge is 0.352 e. The lowest BCUT2D eigenvalue weighted by Crippen LogP contribution is -2.14. The van der Waals surface area contributed by atoms with Gasteiger partial charge in [-0.1, -0.05) is 43.0 Å². The number of H-pyrrole nitrogens is 2. The molecule has 6 heteroatoms. The molecule has 0 fully saturated rings. The molecule has 0 bridgehead atoms. The van der Waals surface area contributed by atoms with E-state index < -0.39 is 0 Å². The molecule has 0 aliphatic heterocycles. The molecule has 2 N–H and O–H groups in total. The van der Waals surface area contributed by atoms with E-state index in [1.165, 1.54) is 12.1 Å². The van der Waals surface area contributed by atoms with Gasteiger partial charge in [-0.05, 0) is 73.6 Å². The van der Waals surface area contributed by atoms with Gasteiger partial charge in [0.15, 0.2) is 0 Å². The highest BCUT2D eigenvalue weighted by Gasteiger charge is 2.15. The summed E-state index contributed by atoms with van der Waals surface area (Å²) in [7, 11) is 4.10. The number of halogens is 1. The normalized spacial score (nSPS) is 12.7. The van der Waals surface area contributed by atoms with E-state index in [1.807, 2.05) is 33.2 Å². The maximum atomic E-state index is 13.9. The van der Waals surface area contributed by atoms with Crippen molar-refractivity contribution in [3.63, 3.8) is 0 Å². The number of likely N-dealkylation sites (N-methyl/N-ethyl adjacent to an activating group) is 1. The minimum atomic E-state index is -0.273. The predicted molar refractivity (Wildman–Crippen MR) is 147 cm³/mol. The fraction of sp³-hybridized carbons (Fsp3) is 0.133. The molecule has 2 aromatic carbocycles. The Bertz CT molecular complexity index is 1630. The zero-order chi connectivity index (χ0) is 25.2. The Balaban J connectivity index is 1.59. The fourth-order valence-electron chi connectivity index (χ4n) is 4.53. The maximum Gasteiger partial charge on any atom is 0.123 e. The quantitative estimate of drug-likeness (QED) is 0.248. The van der Waals surface area contributed by atoms with Crippen LogP contribution < -0.4 is 0 Å². The van der Waals surface area contributed by atoms with Crippen molar-refractivity contribution >= 4 is 27.4 Å². The Kier molecular flexibility index (Phi) is 6.36. The number of nitrogens with zero attached hydrogens (tertiary/aromatic N) is 3. The van der Waals surface area contributed by atoms with Gasteiger partial charge in [-0.15, -0.1) is 0 Å². The lowest BCUT2D eigenvalue weighted by molar-refractivity contribution is 0.449. The van der Waals surface area contributed by atoms with Crippen molar-refractivity contribution < 1.29 is 4.39 Å².